The van der Waals surface area contributed by atoms with Crippen LogP contribution in [0.15, 0.2) is 48.5 Å². The molecule has 2 aliphatic heterocycles. The van der Waals surface area contributed by atoms with Crippen LogP contribution in [0.1, 0.15) is 0 Å². The number of anilines is 2. The Balaban J connectivity index is 1.63. The van der Waals surface area contributed by atoms with Crippen molar-refractivity contribution in [1.82, 2.24) is 9.97 Å². The molecule has 6 heteroatoms. The number of morpholine rings is 2. The SMILES string of the molecule is c1ccc(-c2cc(N3CCOCC3)nc3nc(N4CCOCC4)ccc23)cc1. The second kappa shape index (κ2) is 7.73. The summed E-state index contributed by atoms with van der Waals surface area (Å²) in [7, 11) is 0. The van der Waals surface area contributed by atoms with Gasteiger partial charge in [-0.15, -0.1) is 0 Å². The van der Waals surface area contributed by atoms with E-state index >= 15 is 0 Å². The molecule has 2 saturated heterocycles. The van der Waals surface area contributed by atoms with E-state index in [1.54, 1.807) is 0 Å². The summed E-state index contributed by atoms with van der Waals surface area (Å²) >= 11 is 0. The van der Waals surface area contributed by atoms with E-state index < -0.39 is 0 Å². The number of nitrogens with zero attached hydrogens (tertiary/aromatic N) is 4. The second-order valence-electron chi connectivity index (χ2n) is 7.13. The number of benzene rings is 1. The Kier molecular flexibility index (Phi) is 4.81. The van der Waals surface area contributed by atoms with Gasteiger partial charge in [0, 0.05) is 31.6 Å². The van der Waals surface area contributed by atoms with E-state index in [1.165, 1.54) is 11.1 Å². The van der Waals surface area contributed by atoms with Crippen LogP contribution in [-0.2, 0) is 9.47 Å². The molecule has 6 nitrogen and oxygen atoms in total. The summed E-state index contributed by atoms with van der Waals surface area (Å²) in [5, 5.41) is 1.08. The standard InChI is InChI=1S/C22H24N4O2/c1-2-4-17(5-3-1)19-16-21(26-10-14-28-15-11-26)24-22-18(19)6-7-20(23-22)25-8-12-27-13-9-25/h1-7,16H,8-15H2. The minimum absolute atomic E-state index is 0.738. The van der Waals surface area contributed by atoms with E-state index in [-0.39, 0.29) is 0 Å². The van der Waals surface area contributed by atoms with Gasteiger partial charge in [-0.2, -0.15) is 0 Å². The maximum absolute atomic E-state index is 5.52. The first-order chi connectivity index (χ1) is 13.9. The number of fused-ring (bicyclic) bond motifs is 1. The van der Waals surface area contributed by atoms with Gasteiger partial charge >= 0.3 is 0 Å². The normalized spacial score (nSPS) is 17.9. The molecular formula is C22H24N4O2. The lowest BCUT2D eigenvalue weighted by molar-refractivity contribution is 0.122. The molecule has 1 aromatic carbocycles. The Hall–Kier alpha value is -2.70. The van der Waals surface area contributed by atoms with E-state index in [0.29, 0.717) is 0 Å². The van der Waals surface area contributed by atoms with E-state index in [4.69, 9.17) is 19.4 Å². The monoisotopic (exact) mass is 376 g/mol. The zero-order valence-corrected chi connectivity index (χ0v) is 15.9. The molecule has 144 valence electrons. The Morgan fingerprint density at radius 3 is 1.96 bits per heavy atom. The van der Waals surface area contributed by atoms with Gasteiger partial charge < -0.3 is 19.3 Å². The maximum Gasteiger partial charge on any atom is 0.164 e. The Morgan fingerprint density at radius 2 is 1.29 bits per heavy atom. The van der Waals surface area contributed by atoms with Crippen LogP contribution in [-0.4, -0.2) is 62.6 Å². The van der Waals surface area contributed by atoms with Crippen LogP contribution < -0.4 is 9.80 Å². The van der Waals surface area contributed by atoms with Gasteiger partial charge in [-0.1, -0.05) is 30.3 Å². The zero-order valence-electron chi connectivity index (χ0n) is 15.9. The highest BCUT2D eigenvalue weighted by molar-refractivity contribution is 5.95. The first-order valence-corrected chi connectivity index (χ1v) is 9.91. The van der Waals surface area contributed by atoms with Crippen molar-refractivity contribution in [3.05, 3.63) is 48.5 Å². The highest BCUT2D eigenvalue weighted by Crippen LogP contribution is 2.32. The van der Waals surface area contributed by atoms with E-state index in [9.17, 15) is 0 Å². The van der Waals surface area contributed by atoms with E-state index in [2.05, 4.69) is 52.3 Å². The van der Waals surface area contributed by atoms with Crippen LogP contribution >= 0.6 is 0 Å². The van der Waals surface area contributed by atoms with Crippen LogP contribution in [0.4, 0.5) is 11.6 Å². The van der Waals surface area contributed by atoms with E-state index in [0.717, 1.165) is 75.3 Å². The summed E-state index contributed by atoms with van der Waals surface area (Å²) in [5.41, 5.74) is 3.16. The van der Waals surface area contributed by atoms with Gasteiger partial charge in [0.05, 0.1) is 26.4 Å². The molecule has 0 amide bonds. The van der Waals surface area contributed by atoms with Crippen molar-refractivity contribution in [2.24, 2.45) is 0 Å². The third kappa shape index (κ3) is 3.41. The summed E-state index contributed by atoms with van der Waals surface area (Å²) in [6.45, 7) is 6.42. The number of aromatic nitrogens is 2. The van der Waals surface area contributed by atoms with Gasteiger partial charge in [0.15, 0.2) is 5.65 Å². The molecule has 5 rings (SSSR count). The van der Waals surface area contributed by atoms with Gasteiger partial charge in [0.25, 0.3) is 0 Å². The van der Waals surface area contributed by atoms with E-state index in [1.807, 2.05) is 6.07 Å². The van der Waals surface area contributed by atoms with Crippen molar-refractivity contribution in [2.45, 2.75) is 0 Å². The van der Waals surface area contributed by atoms with Crippen LogP contribution in [0.2, 0.25) is 0 Å². The minimum atomic E-state index is 0.738. The Morgan fingerprint density at radius 1 is 0.679 bits per heavy atom. The summed E-state index contributed by atoms with van der Waals surface area (Å²) in [6.07, 6.45) is 0. The van der Waals surface area contributed by atoms with Crippen LogP contribution in [0, 0.1) is 0 Å². The molecule has 0 saturated carbocycles. The summed E-state index contributed by atoms with van der Waals surface area (Å²) in [6, 6.07) is 16.9. The Labute approximate surface area is 164 Å². The number of pyridine rings is 2. The summed E-state index contributed by atoms with van der Waals surface area (Å²) < 4.78 is 11.0. The fourth-order valence-corrected chi connectivity index (χ4v) is 3.86. The second-order valence-corrected chi connectivity index (χ2v) is 7.13. The third-order valence-corrected chi connectivity index (χ3v) is 5.40. The molecule has 0 atom stereocenters. The molecule has 4 heterocycles. The minimum Gasteiger partial charge on any atom is -0.378 e. The molecular weight excluding hydrogens is 352 g/mol. The molecule has 0 N–H and O–H groups in total. The highest BCUT2D eigenvalue weighted by atomic mass is 16.5. The van der Waals surface area contributed by atoms with Crippen molar-refractivity contribution in [1.29, 1.82) is 0 Å². The largest absolute Gasteiger partial charge is 0.378 e. The van der Waals surface area contributed by atoms with Gasteiger partial charge in [-0.05, 0) is 29.3 Å². The average Bonchev–Trinajstić information content (AvgIpc) is 2.79. The van der Waals surface area contributed by atoms with Crippen molar-refractivity contribution in [3.8, 4) is 11.1 Å². The van der Waals surface area contributed by atoms with Crippen LogP contribution in [0.3, 0.4) is 0 Å². The molecule has 0 radical (unpaired) electrons. The van der Waals surface area contributed by atoms with Crippen LogP contribution in [0.5, 0.6) is 0 Å². The fraction of sp³-hybridized carbons (Fsp3) is 0.364. The number of hydrogen-bond donors (Lipinski definition) is 0. The summed E-state index contributed by atoms with van der Waals surface area (Å²) in [4.78, 5) is 14.4. The number of rotatable bonds is 3. The van der Waals surface area contributed by atoms with Gasteiger partial charge in [0.1, 0.15) is 11.6 Å². The fourth-order valence-electron chi connectivity index (χ4n) is 3.86. The lowest BCUT2D eigenvalue weighted by Crippen LogP contribution is -2.37. The molecule has 0 unspecified atom stereocenters. The first-order valence-electron chi connectivity index (χ1n) is 9.91. The molecule has 28 heavy (non-hydrogen) atoms. The smallest absolute Gasteiger partial charge is 0.164 e. The molecule has 3 aromatic rings. The van der Waals surface area contributed by atoms with Crippen molar-refractivity contribution < 1.29 is 9.47 Å². The molecule has 0 bridgehead atoms. The topological polar surface area (TPSA) is 50.7 Å². The number of hydrogen-bond acceptors (Lipinski definition) is 6. The predicted molar refractivity (Wildman–Crippen MR) is 111 cm³/mol. The third-order valence-electron chi connectivity index (χ3n) is 5.40. The lowest BCUT2D eigenvalue weighted by atomic mass is 10.0. The predicted octanol–water partition coefficient (Wildman–Crippen LogP) is 2.97. The van der Waals surface area contributed by atoms with Crippen molar-refractivity contribution >= 4 is 22.7 Å². The highest BCUT2D eigenvalue weighted by Gasteiger charge is 2.18. The maximum atomic E-state index is 5.52. The number of ether oxygens (including phenoxy) is 2. The van der Waals surface area contributed by atoms with Gasteiger partial charge in [0.2, 0.25) is 0 Å². The summed E-state index contributed by atoms with van der Waals surface area (Å²) in [5.74, 6) is 1.95. The van der Waals surface area contributed by atoms with Crippen molar-refractivity contribution in [2.75, 3.05) is 62.4 Å². The molecule has 2 aliphatic rings. The quantitative estimate of drug-likeness (QED) is 0.701. The zero-order chi connectivity index (χ0) is 18.8. The lowest BCUT2D eigenvalue weighted by Gasteiger charge is -2.29. The Bertz CT molecular complexity index is 946. The van der Waals surface area contributed by atoms with Gasteiger partial charge in [-0.25, -0.2) is 9.97 Å². The average molecular weight is 376 g/mol. The molecule has 2 aromatic heterocycles. The molecule has 0 spiro atoms. The first kappa shape index (κ1) is 17.4. The van der Waals surface area contributed by atoms with Gasteiger partial charge in [-0.3, -0.25) is 0 Å². The molecule has 0 aliphatic carbocycles. The van der Waals surface area contributed by atoms with Crippen molar-refractivity contribution in [3.63, 3.8) is 0 Å². The van der Waals surface area contributed by atoms with Crippen LogP contribution in [0.25, 0.3) is 22.2 Å². The molecule has 2 fully saturated rings.